The summed E-state index contributed by atoms with van der Waals surface area (Å²) in [5.41, 5.74) is 1.22. The molecule has 0 aliphatic carbocycles. The van der Waals surface area contributed by atoms with E-state index in [4.69, 9.17) is 9.88 Å². The Balaban J connectivity index is 1.62. The van der Waals surface area contributed by atoms with Crippen LogP contribution in [0, 0.1) is 0 Å². The number of nitrogens with two attached hydrogens (primary N) is 1. The number of rotatable bonds is 7. The van der Waals surface area contributed by atoms with Gasteiger partial charge in [0.05, 0.1) is 29.8 Å². The first-order valence-corrected chi connectivity index (χ1v) is 10.1. The molecule has 2 amide bonds. The Kier molecular flexibility index (Phi) is 6.09. The lowest BCUT2D eigenvalue weighted by molar-refractivity contribution is -0.115. The molecule has 0 aliphatic heterocycles. The summed E-state index contributed by atoms with van der Waals surface area (Å²) < 4.78 is 29.7. The molecule has 156 valence electrons. The maximum Gasteiger partial charge on any atom is 0.255 e. The molecule has 2 aromatic carbocycles. The first kappa shape index (κ1) is 21.0. The number of hydrogen-bond acceptors (Lipinski definition) is 7. The van der Waals surface area contributed by atoms with Gasteiger partial charge in [-0.2, -0.15) is 5.10 Å². The van der Waals surface area contributed by atoms with Crippen molar-refractivity contribution in [2.75, 3.05) is 19.0 Å². The number of sulfonamides is 1. The zero-order chi connectivity index (χ0) is 21.7. The molecule has 0 bridgehead atoms. The number of amides is 2. The molecule has 4 N–H and O–H groups in total. The Bertz CT molecular complexity index is 1160. The van der Waals surface area contributed by atoms with Gasteiger partial charge < -0.3 is 15.4 Å². The van der Waals surface area contributed by atoms with Gasteiger partial charge in [0.15, 0.2) is 0 Å². The van der Waals surface area contributed by atoms with Gasteiger partial charge in [-0.1, -0.05) is 0 Å². The predicted molar refractivity (Wildman–Crippen MR) is 107 cm³/mol. The quantitative estimate of drug-likeness (QED) is 0.486. The van der Waals surface area contributed by atoms with Crippen LogP contribution in [0.2, 0.25) is 0 Å². The van der Waals surface area contributed by atoms with Crippen molar-refractivity contribution in [2.45, 2.75) is 4.90 Å². The Morgan fingerprint density at radius 1 is 1.17 bits per heavy atom. The van der Waals surface area contributed by atoms with Crippen molar-refractivity contribution in [3.8, 4) is 11.4 Å². The van der Waals surface area contributed by atoms with Crippen LogP contribution in [0.5, 0.6) is 5.75 Å². The first-order chi connectivity index (χ1) is 14.3. The molecule has 0 spiro atoms. The van der Waals surface area contributed by atoms with Crippen LogP contribution in [0.25, 0.3) is 5.69 Å². The highest BCUT2D eigenvalue weighted by Gasteiger charge is 2.18. The van der Waals surface area contributed by atoms with E-state index in [-0.39, 0.29) is 22.8 Å². The summed E-state index contributed by atoms with van der Waals surface area (Å²) in [7, 11) is -2.67. The maximum absolute atomic E-state index is 12.4. The van der Waals surface area contributed by atoms with Crippen molar-refractivity contribution in [2.24, 2.45) is 5.14 Å². The topological polar surface area (TPSA) is 158 Å². The number of carbonyl (C=O) groups is 2. The molecule has 0 radical (unpaired) electrons. The summed E-state index contributed by atoms with van der Waals surface area (Å²) in [4.78, 5) is 28.2. The summed E-state index contributed by atoms with van der Waals surface area (Å²) in [5.74, 6) is -1.02. The molecule has 30 heavy (non-hydrogen) atoms. The summed E-state index contributed by atoms with van der Waals surface area (Å²) in [6.07, 6.45) is 2.95. The zero-order valence-corrected chi connectivity index (χ0v) is 16.6. The van der Waals surface area contributed by atoms with E-state index in [1.54, 1.807) is 35.3 Å². The summed E-state index contributed by atoms with van der Waals surface area (Å²) in [5, 5.41) is 14.2. The van der Waals surface area contributed by atoms with Crippen LogP contribution < -0.4 is 20.5 Å². The molecule has 0 saturated heterocycles. The van der Waals surface area contributed by atoms with Crippen molar-refractivity contribution >= 4 is 27.5 Å². The molecule has 11 nitrogen and oxygen atoms in total. The third-order valence-electron chi connectivity index (χ3n) is 3.99. The molecule has 0 saturated carbocycles. The van der Waals surface area contributed by atoms with Crippen LogP contribution in [-0.4, -0.2) is 48.7 Å². The number of aromatic nitrogens is 3. The number of nitrogens with zero attached hydrogens (tertiary/aromatic N) is 3. The molecule has 0 unspecified atom stereocenters. The lowest BCUT2D eigenvalue weighted by atomic mass is 10.2. The fourth-order valence-electron chi connectivity index (χ4n) is 2.54. The lowest BCUT2D eigenvalue weighted by Gasteiger charge is -2.11. The smallest absolute Gasteiger partial charge is 0.255 e. The largest absolute Gasteiger partial charge is 0.496 e. The van der Waals surface area contributed by atoms with Crippen molar-refractivity contribution < 1.29 is 22.7 Å². The first-order valence-electron chi connectivity index (χ1n) is 8.52. The number of hydrogen-bond donors (Lipinski definition) is 3. The summed E-state index contributed by atoms with van der Waals surface area (Å²) >= 11 is 0. The summed E-state index contributed by atoms with van der Waals surface area (Å²) in [6, 6.07) is 10.5. The molecule has 12 heteroatoms. The van der Waals surface area contributed by atoms with Crippen LogP contribution in [-0.2, 0) is 14.8 Å². The van der Waals surface area contributed by atoms with Crippen molar-refractivity contribution in [1.82, 2.24) is 20.1 Å². The highest BCUT2D eigenvalue weighted by Crippen LogP contribution is 2.21. The Hall–Kier alpha value is -3.77. The fourth-order valence-corrected chi connectivity index (χ4v) is 3.08. The van der Waals surface area contributed by atoms with Crippen LogP contribution in [0.3, 0.4) is 0 Å². The molecular weight excluding hydrogens is 412 g/mol. The van der Waals surface area contributed by atoms with Crippen LogP contribution in [0.15, 0.2) is 60.0 Å². The average Bonchev–Trinajstić information content (AvgIpc) is 3.26. The molecule has 0 fully saturated rings. The van der Waals surface area contributed by atoms with Gasteiger partial charge in [0.1, 0.15) is 18.4 Å². The Morgan fingerprint density at radius 3 is 2.50 bits per heavy atom. The second-order valence-corrected chi connectivity index (χ2v) is 7.59. The Morgan fingerprint density at radius 2 is 1.90 bits per heavy atom. The minimum atomic E-state index is -4.00. The number of nitrogens with one attached hydrogen (secondary N) is 2. The number of benzene rings is 2. The van der Waals surface area contributed by atoms with E-state index in [1.807, 2.05) is 0 Å². The Labute approximate surface area is 171 Å². The number of anilines is 1. The molecule has 1 heterocycles. The molecule has 0 atom stereocenters. The highest BCUT2D eigenvalue weighted by molar-refractivity contribution is 7.89. The van der Waals surface area contributed by atoms with Crippen LogP contribution in [0.1, 0.15) is 10.4 Å². The SMILES string of the molecule is COc1ccc(S(N)(=O)=O)cc1C(=O)NCC(=O)Nc1ccc(-n2cncn2)cc1. The molecule has 3 rings (SSSR count). The van der Waals surface area contributed by atoms with Gasteiger partial charge in [-0.05, 0) is 42.5 Å². The van der Waals surface area contributed by atoms with E-state index < -0.39 is 21.8 Å². The van der Waals surface area contributed by atoms with E-state index in [0.717, 1.165) is 11.8 Å². The summed E-state index contributed by atoms with van der Waals surface area (Å²) in [6.45, 7) is -0.341. The minimum absolute atomic E-state index is 0.0611. The van der Waals surface area contributed by atoms with Crippen molar-refractivity contribution in [3.63, 3.8) is 0 Å². The van der Waals surface area contributed by atoms with Gasteiger partial charge in [-0.25, -0.2) is 23.2 Å². The van der Waals surface area contributed by atoms with E-state index in [1.165, 1.54) is 25.6 Å². The number of ether oxygens (including phenoxy) is 1. The van der Waals surface area contributed by atoms with Crippen molar-refractivity contribution in [1.29, 1.82) is 0 Å². The van der Waals surface area contributed by atoms with Gasteiger partial charge in [-0.3, -0.25) is 9.59 Å². The number of carbonyl (C=O) groups excluding carboxylic acids is 2. The molecule has 3 aromatic rings. The molecule has 0 aliphatic rings. The van der Waals surface area contributed by atoms with Gasteiger partial charge in [0, 0.05) is 5.69 Å². The van der Waals surface area contributed by atoms with Gasteiger partial charge in [0.25, 0.3) is 5.91 Å². The fraction of sp³-hybridized carbons (Fsp3) is 0.111. The standard InChI is InChI=1S/C18H18N6O5S/c1-29-16-7-6-14(30(19,27)28)8-15(16)18(26)21-9-17(25)23-12-2-4-13(5-3-12)24-11-20-10-22-24/h2-8,10-11H,9H2,1H3,(H,21,26)(H,23,25)(H2,19,27,28). The molecule has 1 aromatic heterocycles. The second kappa shape index (κ2) is 8.71. The molecular formula is C18H18N6O5S. The third-order valence-corrected chi connectivity index (χ3v) is 4.90. The monoisotopic (exact) mass is 430 g/mol. The van der Waals surface area contributed by atoms with Crippen LogP contribution >= 0.6 is 0 Å². The van der Waals surface area contributed by atoms with Gasteiger partial charge in [-0.15, -0.1) is 0 Å². The van der Waals surface area contributed by atoms with E-state index in [0.29, 0.717) is 5.69 Å². The number of primary sulfonamides is 1. The van der Waals surface area contributed by atoms with Crippen LogP contribution in [0.4, 0.5) is 5.69 Å². The van der Waals surface area contributed by atoms with Crippen molar-refractivity contribution in [3.05, 3.63) is 60.7 Å². The normalized spacial score (nSPS) is 11.0. The van der Waals surface area contributed by atoms with Gasteiger partial charge in [0.2, 0.25) is 15.9 Å². The minimum Gasteiger partial charge on any atom is -0.496 e. The van der Waals surface area contributed by atoms with E-state index in [9.17, 15) is 18.0 Å². The average molecular weight is 430 g/mol. The van der Waals surface area contributed by atoms with Gasteiger partial charge >= 0.3 is 0 Å². The van der Waals surface area contributed by atoms with E-state index >= 15 is 0 Å². The maximum atomic E-state index is 12.4. The second-order valence-electron chi connectivity index (χ2n) is 6.02. The lowest BCUT2D eigenvalue weighted by Crippen LogP contribution is -2.33. The predicted octanol–water partition coefficient (Wildman–Crippen LogP) is 0.292. The zero-order valence-electron chi connectivity index (χ0n) is 15.8. The van der Waals surface area contributed by atoms with E-state index in [2.05, 4.69) is 20.7 Å². The third kappa shape index (κ3) is 4.98. The number of methoxy groups -OCH3 is 1. The highest BCUT2D eigenvalue weighted by atomic mass is 32.2.